The monoisotopic (exact) mass is 1180 g/mol. The van der Waals surface area contributed by atoms with Gasteiger partial charge in [0.15, 0.2) is 64.7 Å². The van der Waals surface area contributed by atoms with Crippen LogP contribution in [0, 0.1) is 90.0 Å². The molecule has 0 bridgehead atoms. The lowest BCUT2D eigenvalue weighted by Crippen LogP contribution is -2.21. The number of rotatable bonds is 17. The summed E-state index contributed by atoms with van der Waals surface area (Å²) >= 11 is 0. The van der Waals surface area contributed by atoms with Crippen molar-refractivity contribution in [2.24, 2.45) is 0 Å². The van der Waals surface area contributed by atoms with Crippen molar-refractivity contribution in [3.05, 3.63) is 214 Å². The molecule has 0 spiro atoms. The molecule has 0 radical (unpaired) electrons. The summed E-state index contributed by atoms with van der Waals surface area (Å²) < 4.78 is 183. The maximum absolute atomic E-state index is 14.1. The highest BCUT2D eigenvalue weighted by atomic mass is 19.2. The minimum atomic E-state index is -1.99. The second kappa shape index (κ2) is 27.3. The molecule has 7 rings (SSSR count). The summed E-state index contributed by atoms with van der Waals surface area (Å²) in [6.45, 7) is -2.57. The number of carbonyl (C=O) groups is 4. The van der Waals surface area contributed by atoms with Gasteiger partial charge >= 0.3 is 11.4 Å². The number of nitrogens with zero attached hydrogens (tertiary/aromatic N) is 4. The van der Waals surface area contributed by atoms with Gasteiger partial charge in [0.2, 0.25) is 46.4 Å². The smallest absolute Gasteiger partial charge is 0.311 e. The molecule has 0 aliphatic rings. The number of amides is 2. The topological polar surface area (TPSA) is 238 Å². The lowest BCUT2D eigenvalue weighted by atomic mass is 10.1. The molecular formula is C53H36F12N4O14. The molecular weight excluding hydrogens is 1140 g/mol. The number of aliphatic hydroxyl groups excluding tert-OH is 1. The molecule has 30 heteroatoms. The number of halogens is 12. The van der Waals surface area contributed by atoms with Gasteiger partial charge in [-0.3, -0.25) is 39.4 Å². The molecule has 2 N–H and O–H groups in total. The summed E-state index contributed by atoms with van der Waals surface area (Å²) in [6, 6.07) is 18.4. The van der Waals surface area contributed by atoms with Crippen LogP contribution in [0.15, 0.2) is 84.9 Å². The van der Waals surface area contributed by atoms with Crippen LogP contribution in [-0.4, -0.2) is 82.4 Å². The maximum Gasteiger partial charge on any atom is 0.311 e. The molecule has 83 heavy (non-hydrogen) atoms. The Labute approximate surface area is 457 Å². The first kappa shape index (κ1) is 63.6. The Bertz CT molecular complexity index is 3620. The van der Waals surface area contributed by atoms with Crippen molar-refractivity contribution in [3.63, 3.8) is 0 Å². The van der Waals surface area contributed by atoms with Crippen LogP contribution in [0.5, 0.6) is 40.2 Å². The highest BCUT2D eigenvalue weighted by Gasteiger charge is 2.29. The third-order valence-corrected chi connectivity index (χ3v) is 10.9. The molecule has 7 aromatic rings. The number of aldehydes is 2. The van der Waals surface area contributed by atoms with E-state index in [1.807, 2.05) is 0 Å². The van der Waals surface area contributed by atoms with Gasteiger partial charge in [0.1, 0.15) is 24.7 Å². The Balaban J connectivity index is 0.000000250. The van der Waals surface area contributed by atoms with Crippen molar-refractivity contribution in [2.75, 3.05) is 28.2 Å². The van der Waals surface area contributed by atoms with E-state index in [1.165, 1.54) is 70.5 Å². The Hall–Kier alpha value is -10.3. The Morgan fingerprint density at radius 3 is 1.16 bits per heavy atom. The third kappa shape index (κ3) is 14.4. The molecule has 7 aromatic carbocycles. The minimum absolute atomic E-state index is 0.0875. The standard InChI is InChI=1S/C23H18F4N2O6.C23H16F4N2O6.C7H2F4O2/c2*1-28(2)23(31)13-4-3-5-14(9-13)35-17-8-12(6-7-16(17)29(32)33)11-34-22-20(26)18(24)15(10-30)19(25)21(22)27;8-3-2(1-12)4(9)6(11)7(13)5(3)10/h3-9,30H,10-11H2,1-2H3;3-10H,11H2,1-2H3;1,13H. The molecule has 0 fully saturated rings. The number of hydrogen-bond acceptors (Lipinski definition) is 14. The number of nitro groups is 2. The number of aliphatic hydroxyl groups is 1. The fourth-order valence-electron chi connectivity index (χ4n) is 6.75. The van der Waals surface area contributed by atoms with Crippen LogP contribution in [0.3, 0.4) is 0 Å². The lowest BCUT2D eigenvalue weighted by molar-refractivity contribution is -0.385. The third-order valence-electron chi connectivity index (χ3n) is 10.9. The first-order chi connectivity index (χ1) is 39.1. The van der Waals surface area contributed by atoms with Gasteiger partial charge in [-0.05, 0) is 71.8 Å². The van der Waals surface area contributed by atoms with Crippen molar-refractivity contribution >= 4 is 35.8 Å². The van der Waals surface area contributed by atoms with Crippen molar-refractivity contribution in [1.82, 2.24) is 9.80 Å². The zero-order valence-corrected chi connectivity index (χ0v) is 42.5. The molecule has 2 amide bonds. The molecule has 0 aliphatic heterocycles. The average molecular weight is 1180 g/mol. The van der Waals surface area contributed by atoms with Crippen LogP contribution in [0.4, 0.5) is 64.1 Å². The number of ether oxygens (including phenoxy) is 4. The van der Waals surface area contributed by atoms with Gasteiger partial charge in [-0.2, -0.15) is 26.3 Å². The van der Waals surface area contributed by atoms with Crippen LogP contribution < -0.4 is 18.9 Å². The van der Waals surface area contributed by atoms with E-state index < -0.39 is 145 Å². The minimum Gasteiger partial charge on any atom is -0.503 e. The number of nitro benzene ring substituents is 2. The molecule has 0 atom stereocenters. The quantitative estimate of drug-likeness (QED) is 0.0284. The van der Waals surface area contributed by atoms with Crippen molar-refractivity contribution in [1.29, 1.82) is 0 Å². The molecule has 0 aromatic heterocycles. The highest BCUT2D eigenvalue weighted by molar-refractivity contribution is 5.94. The van der Waals surface area contributed by atoms with Crippen LogP contribution in [-0.2, 0) is 19.8 Å². The van der Waals surface area contributed by atoms with Crippen LogP contribution >= 0.6 is 0 Å². The molecule has 18 nitrogen and oxygen atoms in total. The van der Waals surface area contributed by atoms with Gasteiger partial charge < -0.3 is 39.0 Å². The number of hydrogen-bond donors (Lipinski definition) is 2. The van der Waals surface area contributed by atoms with Crippen molar-refractivity contribution in [3.8, 4) is 40.2 Å². The molecule has 0 heterocycles. The molecule has 436 valence electrons. The van der Waals surface area contributed by atoms with E-state index in [1.54, 1.807) is 28.2 Å². The van der Waals surface area contributed by atoms with Crippen LogP contribution in [0.1, 0.15) is 58.1 Å². The van der Waals surface area contributed by atoms with E-state index in [9.17, 15) is 92.1 Å². The van der Waals surface area contributed by atoms with Gasteiger partial charge in [-0.15, -0.1) is 0 Å². The summed E-state index contributed by atoms with van der Waals surface area (Å²) in [7, 11) is 6.18. The van der Waals surface area contributed by atoms with E-state index in [-0.39, 0.29) is 69.6 Å². The summed E-state index contributed by atoms with van der Waals surface area (Å²) in [5.74, 6) is -28.3. The zero-order valence-electron chi connectivity index (χ0n) is 42.5. The van der Waals surface area contributed by atoms with E-state index in [0.717, 1.165) is 24.3 Å². The van der Waals surface area contributed by atoms with Crippen molar-refractivity contribution in [2.45, 2.75) is 19.8 Å². The Morgan fingerprint density at radius 2 is 0.843 bits per heavy atom. The average Bonchev–Trinajstić information content (AvgIpc) is 3.59. The normalized spacial score (nSPS) is 10.6. The number of phenolic OH excluding ortho intramolecular Hbond substituents is 1. The second-order valence-electron chi connectivity index (χ2n) is 16.8. The van der Waals surface area contributed by atoms with Gasteiger partial charge in [0.05, 0.1) is 33.1 Å². The summed E-state index contributed by atoms with van der Waals surface area (Å²) in [5.41, 5.74) is -4.21. The fourth-order valence-corrected chi connectivity index (χ4v) is 6.75. The van der Waals surface area contributed by atoms with Gasteiger partial charge in [-0.1, -0.05) is 12.1 Å². The molecule has 0 saturated heterocycles. The SMILES string of the molecule is CN(C)C(=O)c1cccc(Oc2cc(COc3c(F)c(F)c(C=O)c(F)c3F)ccc2[N+](=O)[O-])c1.CN(C)C(=O)c1cccc(Oc2cc(COc3c(F)c(F)c(CO)c(F)c3F)ccc2[N+](=O)[O-])c1.O=Cc1c(F)c(F)c(O)c(F)c1F. The Kier molecular flexibility index (Phi) is 20.9. The van der Waals surface area contributed by atoms with Gasteiger partial charge in [0, 0.05) is 51.5 Å². The number of phenols is 1. The second-order valence-corrected chi connectivity index (χ2v) is 16.8. The van der Waals surface area contributed by atoms with Crippen molar-refractivity contribution < 1.29 is 111 Å². The molecule has 0 saturated carbocycles. The van der Waals surface area contributed by atoms with E-state index >= 15 is 0 Å². The summed E-state index contributed by atoms with van der Waals surface area (Å²) in [4.78, 5) is 69.0. The predicted octanol–water partition coefficient (Wildman–Crippen LogP) is 11.5. The predicted molar refractivity (Wildman–Crippen MR) is 261 cm³/mol. The first-order valence-electron chi connectivity index (χ1n) is 22.7. The van der Waals surface area contributed by atoms with E-state index in [0.29, 0.717) is 0 Å². The van der Waals surface area contributed by atoms with Gasteiger partial charge in [0.25, 0.3) is 11.8 Å². The van der Waals surface area contributed by atoms with Crippen LogP contribution in [0.25, 0.3) is 0 Å². The van der Waals surface area contributed by atoms with Gasteiger partial charge in [-0.25, -0.2) is 26.3 Å². The fraction of sp³-hybridized carbons (Fsp3) is 0.132. The number of aromatic hydroxyl groups is 1. The number of benzene rings is 7. The lowest BCUT2D eigenvalue weighted by Gasteiger charge is -2.14. The van der Waals surface area contributed by atoms with E-state index in [4.69, 9.17) is 29.2 Å². The number of carbonyl (C=O) groups excluding carboxylic acids is 4. The van der Waals surface area contributed by atoms with Crippen LogP contribution in [0.2, 0.25) is 0 Å². The Morgan fingerprint density at radius 1 is 0.506 bits per heavy atom. The first-order valence-corrected chi connectivity index (χ1v) is 22.7. The zero-order chi connectivity index (χ0) is 61.9. The summed E-state index contributed by atoms with van der Waals surface area (Å²) in [5, 5.41) is 40.2. The van der Waals surface area contributed by atoms with E-state index in [2.05, 4.69) is 0 Å². The summed E-state index contributed by atoms with van der Waals surface area (Å²) in [6.07, 6.45) is -0.752. The highest BCUT2D eigenvalue weighted by Crippen LogP contribution is 2.37. The molecule has 0 unspecified atom stereocenters. The molecule has 0 aliphatic carbocycles. The largest absolute Gasteiger partial charge is 0.503 e. The maximum atomic E-state index is 14.1.